The van der Waals surface area contributed by atoms with Crippen molar-refractivity contribution in [3.63, 3.8) is 0 Å². The Morgan fingerprint density at radius 1 is 1.28 bits per heavy atom. The van der Waals surface area contributed by atoms with Crippen molar-refractivity contribution in [3.05, 3.63) is 32.7 Å². The Labute approximate surface area is 115 Å². The molecule has 3 rings (SSSR count). The Morgan fingerprint density at radius 3 is 2.67 bits per heavy atom. The second kappa shape index (κ2) is 5.07. The van der Waals surface area contributed by atoms with Crippen LogP contribution in [0.2, 0.25) is 0 Å². The highest BCUT2D eigenvalue weighted by atomic mass is 32.1. The molecule has 1 aliphatic carbocycles. The van der Waals surface area contributed by atoms with Crippen LogP contribution < -0.4 is 5.32 Å². The summed E-state index contributed by atoms with van der Waals surface area (Å²) in [5.74, 6) is 0.493. The summed E-state index contributed by atoms with van der Waals surface area (Å²) < 4.78 is 0. The summed E-state index contributed by atoms with van der Waals surface area (Å²) in [6.07, 6.45) is 4.44. The van der Waals surface area contributed by atoms with Gasteiger partial charge in [-0.3, -0.25) is 5.32 Å². The standard InChI is InChI=1S/C13H17N3S2/c1-8(2)10-7-18-13(16-10)11(15-9-3-4-9)12-14-5-6-17-12/h5-9,11,15H,3-4H2,1-2H3. The van der Waals surface area contributed by atoms with E-state index >= 15 is 0 Å². The van der Waals surface area contributed by atoms with Crippen LogP contribution in [0.1, 0.15) is 54.4 Å². The van der Waals surface area contributed by atoms with E-state index in [0.29, 0.717) is 12.0 Å². The Bertz CT molecular complexity index is 500. The van der Waals surface area contributed by atoms with Crippen molar-refractivity contribution in [2.75, 3.05) is 0 Å². The van der Waals surface area contributed by atoms with E-state index in [2.05, 4.69) is 29.5 Å². The third-order valence-corrected chi connectivity index (χ3v) is 4.82. The molecule has 1 atom stereocenters. The molecule has 18 heavy (non-hydrogen) atoms. The quantitative estimate of drug-likeness (QED) is 0.909. The van der Waals surface area contributed by atoms with Crippen LogP contribution in [0.25, 0.3) is 0 Å². The van der Waals surface area contributed by atoms with Crippen molar-refractivity contribution in [2.45, 2.75) is 44.7 Å². The lowest BCUT2D eigenvalue weighted by atomic mass is 10.2. The number of rotatable bonds is 5. The van der Waals surface area contributed by atoms with Gasteiger partial charge in [0, 0.05) is 23.0 Å². The van der Waals surface area contributed by atoms with Crippen molar-refractivity contribution >= 4 is 22.7 Å². The van der Waals surface area contributed by atoms with E-state index < -0.39 is 0 Å². The molecule has 2 aromatic heterocycles. The number of nitrogens with one attached hydrogen (secondary N) is 1. The fourth-order valence-corrected chi connectivity index (χ4v) is 3.62. The zero-order chi connectivity index (χ0) is 12.5. The van der Waals surface area contributed by atoms with E-state index in [0.717, 1.165) is 10.0 Å². The highest BCUT2D eigenvalue weighted by molar-refractivity contribution is 7.11. The maximum Gasteiger partial charge on any atom is 0.117 e. The summed E-state index contributed by atoms with van der Waals surface area (Å²) in [6, 6.07) is 0.847. The molecule has 1 unspecified atom stereocenters. The number of thiazole rings is 2. The zero-order valence-corrected chi connectivity index (χ0v) is 12.2. The van der Waals surface area contributed by atoms with Crippen LogP contribution >= 0.6 is 22.7 Å². The third-order valence-electron chi connectivity index (χ3n) is 3.06. The highest BCUT2D eigenvalue weighted by Gasteiger charge is 2.29. The fourth-order valence-electron chi connectivity index (χ4n) is 1.81. The van der Waals surface area contributed by atoms with E-state index in [4.69, 9.17) is 4.98 Å². The number of hydrogen-bond acceptors (Lipinski definition) is 5. The van der Waals surface area contributed by atoms with E-state index in [-0.39, 0.29) is 6.04 Å². The SMILES string of the molecule is CC(C)c1csc(C(NC2CC2)c2nccs2)n1. The van der Waals surface area contributed by atoms with Crippen LogP contribution in [0.4, 0.5) is 0 Å². The molecule has 1 saturated carbocycles. The number of hydrogen-bond donors (Lipinski definition) is 1. The van der Waals surface area contributed by atoms with Crippen LogP contribution in [0.5, 0.6) is 0 Å². The minimum absolute atomic E-state index is 0.190. The van der Waals surface area contributed by atoms with Gasteiger partial charge in [-0.25, -0.2) is 9.97 Å². The van der Waals surface area contributed by atoms with Crippen molar-refractivity contribution < 1.29 is 0 Å². The number of nitrogens with zero attached hydrogens (tertiary/aromatic N) is 2. The Kier molecular flexibility index (Phi) is 3.46. The molecule has 1 N–H and O–H groups in total. The van der Waals surface area contributed by atoms with Crippen molar-refractivity contribution in [1.29, 1.82) is 0 Å². The molecule has 1 aliphatic rings. The molecule has 0 aliphatic heterocycles. The van der Waals surface area contributed by atoms with Crippen molar-refractivity contribution in [3.8, 4) is 0 Å². The van der Waals surface area contributed by atoms with Gasteiger partial charge in [-0.05, 0) is 18.8 Å². The van der Waals surface area contributed by atoms with Crippen LogP contribution in [-0.4, -0.2) is 16.0 Å². The fraction of sp³-hybridized carbons (Fsp3) is 0.538. The first kappa shape index (κ1) is 12.3. The summed E-state index contributed by atoms with van der Waals surface area (Å²) in [5, 5.41) is 10.2. The first-order valence-corrected chi connectivity index (χ1v) is 8.10. The van der Waals surface area contributed by atoms with E-state index in [1.165, 1.54) is 18.5 Å². The molecule has 96 valence electrons. The van der Waals surface area contributed by atoms with Gasteiger partial charge in [0.15, 0.2) is 0 Å². The molecule has 1 fully saturated rings. The Balaban J connectivity index is 1.86. The average molecular weight is 279 g/mol. The molecule has 3 nitrogen and oxygen atoms in total. The van der Waals surface area contributed by atoms with Crippen LogP contribution in [0.3, 0.4) is 0 Å². The maximum absolute atomic E-state index is 4.77. The van der Waals surface area contributed by atoms with Gasteiger partial charge in [0.1, 0.15) is 16.1 Å². The monoisotopic (exact) mass is 279 g/mol. The summed E-state index contributed by atoms with van der Waals surface area (Å²) in [4.78, 5) is 9.22. The molecule has 2 heterocycles. The van der Waals surface area contributed by atoms with Crippen molar-refractivity contribution in [1.82, 2.24) is 15.3 Å². The first-order valence-electron chi connectivity index (χ1n) is 6.35. The van der Waals surface area contributed by atoms with Gasteiger partial charge >= 0.3 is 0 Å². The zero-order valence-electron chi connectivity index (χ0n) is 10.6. The third kappa shape index (κ3) is 2.63. The normalized spacial score (nSPS) is 17.3. The van der Waals surface area contributed by atoms with Gasteiger partial charge in [0.05, 0.1) is 5.69 Å². The maximum atomic E-state index is 4.77. The smallest absolute Gasteiger partial charge is 0.117 e. The van der Waals surface area contributed by atoms with E-state index in [1.54, 1.807) is 22.7 Å². The lowest BCUT2D eigenvalue weighted by molar-refractivity contribution is 0.592. The molecule has 2 aromatic rings. The molecule has 0 aromatic carbocycles. The lowest BCUT2D eigenvalue weighted by Crippen LogP contribution is -2.24. The topological polar surface area (TPSA) is 37.8 Å². The predicted octanol–water partition coefficient (Wildman–Crippen LogP) is 3.56. The molecule has 5 heteroatoms. The lowest BCUT2D eigenvalue weighted by Gasteiger charge is -2.13. The van der Waals surface area contributed by atoms with E-state index in [1.807, 2.05) is 11.6 Å². The summed E-state index contributed by atoms with van der Waals surface area (Å²) in [5.41, 5.74) is 1.19. The first-order chi connectivity index (χ1) is 8.74. The molecular formula is C13H17N3S2. The molecule has 0 saturated heterocycles. The van der Waals surface area contributed by atoms with Gasteiger partial charge in [-0.15, -0.1) is 22.7 Å². The Hall–Kier alpha value is -0.780. The molecule has 0 amide bonds. The summed E-state index contributed by atoms with van der Waals surface area (Å²) in [7, 11) is 0. The van der Waals surface area contributed by atoms with E-state index in [9.17, 15) is 0 Å². The number of aromatic nitrogens is 2. The molecule has 0 radical (unpaired) electrons. The van der Waals surface area contributed by atoms with Gasteiger partial charge in [0.2, 0.25) is 0 Å². The van der Waals surface area contributed by atoms with Gasteiger partial charge in [-0.1, -0.05) is 13.8 Å². The Morgan fingerprint density at radius 2 is 2.11 bits per heavy atom. The molecule has 0 bridgehead atoms. The minimum atomic E-state index is 0.190. The second-order valence-electron chi connectivity index (χ2n) is 5.01. The van der Waals surface area contributed by atoms with Crippen LogP contribution in [-0.2, 0) is 0 Å². The summed E-state index contributed by atoms with van der Waals surface area (Å²) >= 11 is 3.45. The molecule has 0 spiro atoms. The summed E-state index contributed by atoms with van der Waals surface area (Å²) in [6.45, 7) is 4.37. The second-order valence-corrected chi connectivity index (χ2v) is 6.83. The predicted molar refractivity (Wildman–Crippen MR) is 76.3 cm³/mol. The highest BCUT2D eigenvalue weighted by Crippen LogP contribution is 2.32. The largest absolute Gasteiger partial charge is 0.299 e. The van der Waals surface area contributed by atoms with Crippen LogP contribution in [0.15, 0.2) is 17.0 Å². The molecular weight excluding hydrogens is 262 g/mol. The van der Waals surface area contributed by atoms with Crippen LogP contribution in [0, 0.1) is 0 Å². The van der Waals surface area contributed by atoms with Crippen molar-refractivity contribution in [2.24, 2.45) is 0 Å². The van der Waals surface area contributed by atoms with Gasteiger partial charge in [-0.2, -0.15) is 0 Å². The van der Waals surface area contributed by atoms with Gasteiger partial charge < -0.3 is 0 Å². The minimum Gasteiger partial charge on any atom is -0.299 e. The average Bonchev–Trinajstić information content (AvgIpc) is 2.87. The van der Waals surface area contributed by atoms with Gasteiger partial charge in [0.25, 0.3) is 0 Å².